The molecule has 196 valence electrons. The number of likely N-dealkylation sites (tertiary alicyclic amines) is 1. The molecule has 2 unspecified atom stereocenters. The van der Waals surface area contributed by atoms with Gasteiger partial charge in [0.05, 0.1) is 0 Å². The number of piperidine rings is 1. The molecule has 0 radical (unpaired) electrons. The third kappa shape index (κ3) is 5.77. The minimum atomic E-state index is -0.795. The maximum atomic E-state index is 13.4. The Morgan fingerprint density at radius 2 is 1.58 bits per heavy atom. The smallest absolute Gasteiger partial charge is 0.318 e. The van der Waals surface area contributed by atoms with Crippen LogP contribution in [0.2, 0.25) is 0 Å². The lowest BCUT2D eigenvalue weighted by molar-refractivity contribution is -0.118. The van der Waals surface area contributed by atoms with Crippen LogP contribution in [-0.2, 0) is 22.6 Å². The summed E-state index contributed by atoms with van der Waals surface area (Å²) in [5.74, 6) is -0.227. The highest BCUT2D eigenvalue weighted by Gasteiger charge is 2.37. The predicted octanol–water partition coefficient (Wildman–Crippen LogP) is 3.19. The third-order valence-electron chi connectivity index (χ3n) is 7.14. The zero-order valence-corrected chi connectivity index (χ0v) is 21.2. The van der Waals surface area contributed by atoms with Crippen LogP contribution >= 0.6 is 0 Å². The maximum absolute atomic E-state index is 13.4. The number of hydrogen-bond donors (Lipinski definition) is 3. The fourth-order valence-corrected chi connectivity index (χ4v) is 5.43. The molecule has 38 heavy (non-hydrogen) atoms. The van der Waals surface area contributed by atoms with Crippen LogP contribution in [0.3, 0.4) is 0 Å². The molecular formula is C29H31N5O4. The number of carbonyl (C=O) groups excluding carboxylic acids is 3. The summed E-state index contributed by atoms with van der Waals surface area (Å²) in [5.41, 5.74) is 3.08. The van der Waals surface area contributed by atoms with Gasteiger partial charge in [0.15, 0.2) is 0 Å². The van der Waals surface area contributed by atoms with Gasteiger partial charge in [-0.05, 0) is 48.2 Å². The molecule has 0 spiro atoms. The van der Waals surface area contributed by atoms with Crippen molar-refractivity contribution in [2.75, 3.05) is 23.7 Å². The molecule has 2 bridgehead atoms. The Kier molecular flexibility index (Phi) is 7.26. The lowest BCUT2D eigenvalue weighted by atomic mass is 9.83. The zero-order chi connectivity index (χ0) is 26.6. The fraction of sp³-hybridized carbons (Fsp3) is 0.310. The quantitative estimate of drug-likeness (QED) is 0.470. The highest BCUT2D eigenvalue weighted by Crippen LogP contribution is 2.35. The molecule has 5 rings (SSSR count). The molecule has 1 aromatic heterocycles. The normalized spacial score (nSPS) is 18.6. The van der Waals surface area contributed by atoms with E-state index in [1.54, 1.807) is 41.3 Å². The first-order valence-corrected chi connectivity index (χ1v) is 12.8. The molecule has 0 aliphatic carbocycles. The minimum Gasteiger partial charge on any atom is -0.326 e. The van der Waals surface area contributed by atoms with Crippen molar-refractivity contribution in [2.24, 2.45) is 5.92 Å². The summed E-state index contributed by atoms with van der Waals surface area (Å²) < 4.78 is 1.83. The number of benzene rings is 2. The van der Waals surface area contributed by atoms with Gasteiger partial charge in [-0.15, -0.1) is 0 Å². The van der Waals surface area contributed by atoms with Gasteiger partial charge >= 0.3 is 6.03 Å². The number of nitrogens with one attached hydrogen (secondary N) is 3. The van der Waals surface area contributed by atoms with E-state index in [0.29, 0.717) is 37.4 Å². The van der Waals surface area contributed by atoms with E-state index in [1.165, 1.54) is 6.92 Å². The lowest BCUT2D eigenvalue weighted by Crippen LogP contribution is -2.55. The van der Waals surface area contributed by atoms with Gasteiger partial charge in [0.2, 0.25) is 11.8 Å². The molecule has 4 amide bonds. The molecule has 1 fully saturated rings. The highest BCUT2D eigenvalue weighted by atomic mass is 16.2. The Balaban J connectivity index is 1.30. The van der Waals surface area contributed by atoms with Crippen molar-refractivity contribution < 1.29 is 14.4 Å². The van der Waals surface area contributed by atoms with E-state index in [1.807, 2.05) is 41.0 Å². The molecule has 3 heterocycles. The second-order valence-corrected chi connectivity index (χ2v) is 10.0. The molecule has 0 saturated carbocycles. The van der Waals surface area contributed by atoms with Crippen LogP contribution in [0.4, 0.5) is 16.2 Å². The van der Waals surface area contributed by atoms with E-state index in [-0.39, 0.29) is 35.2 Å². The van der Waals surface area contributed by atoms with Crippen LogP contribution in [0.25, 0.3) is 0 Å². The number of rotatable bonds is 6. The molecule has 2 aromatic carbocycles. The van der Waals surface area contributed by atoms with Gasteiger partial charge < -0.3 is 25.4 Å². The largest absolute Gasteiger partial charge is 0.326 e. The molecule has 3 aromatic rings. The van der Waals surface area contributed by atoms with Crippen LogP contribution in [0.15, 0.2) is 77.6 Å². The summed E-state index contributed by atoms with van der Waals surface area (Å²) in [5, 5.41) is 8.55. The molecule has 1 saturated heterocycles. The van der Waals surface area contributed by atoms with E-state index >= 15 is 0 Å². The first-order chi connectivity index (χ1) is 18.4. The van der Waals surface area contributed by atoms with E-state index in [4.69, 9.17) is 0 Å². The highest BCUT2D eigenvalue weighted by molar-refractivity contribution is 5.97. The second-order valence-electron chi connectivity index (χ2n) is 10.0. The monoisotopic (exact) mass is 513 g/mol. The van der Waals surface area contributed by atoms with Gasteiger partial charge in [-0.1, -0.05) is 36.4 Å². The second kappa shape index (κ2) is 10.9. The lowest BCUT2D eigenvalue weighted by Gasteiger charge is -2.43. The Morgan fingerprint density at radius 3 is 2.29 bits per heavy atom. The van der Waals surface area contributed by atoms with Crippen molar-refractivity contribution in [3.63, 3.8) is 0 Å². The number of pyridine rings is 1. The van der Waals surface area contributed by atoms with Gasteiger partial charge in [0, 0.05) is 62.0 Å². The van der Waals surface area contributed by atoms with Gasteiger partial charge in [-0.2, -0.15) is 0 Å². The summed E-state index contributed by atoms with van der Waals surface area (Å²) in [6, 6.07) is 20.6. The summed E-state index contributed by atoms with van der Waals surface area (Å²) in [4.78, 5) is 52.2. The number of aromatic nitrogens is 1. The van der Waals surface area contributed by atoms with Gasteiger partial charge in [0.1, 0.15) is 6.04 Å². The number of hydrogen-bond acceptors (Lipinski definition) is 4. The van der Waals surface area contributed by atoms with Crippen molar-refractivity contribution in [3.05, 3.63) is 94.4 Å². The van der Waals surface area contributed by atoms with Gasteiger partial charge in [-0.3, -0.25) is 14.4 Å². The molecule has 2 aliphatic rings. The summed E-state index contributed by atoms with van der Waals surface area (Å²) in [7, 11) is 0. The molecule has 9 nitrogen and oxygen atoms in total. The van der Waals surface area contributed by atoms with Crippen LogP contribution in [0, 0.1) is 5.92 Å². The number of amides is 4. The van der Waals surface area contributed by atoms with Crippen molar-refractivity contribution in [1.82, 2.24) is 14.8 Å². The van der Waals surface area contributed by atoms with Crippen LogP contribution in [0.5, 0.6) is 0 Å². The van der Waals surface area contributed by atoms with Crippen LogP contribution < -0.4 is 21.5 Å². The van der Waals surface area contributed by atoms with E-state index < -0.39 is 6.04 Å². The van der Waals surface area contributed by atoms with E-state index in [0.717, 1.165) is 17.7 Å². The zero-order valence-electron chi connectivity index (χ0n) is 21.2. The Hall–Kier alpha value is -4.40. The number of urea groups is 1. The van der Waals surface area contributed by atoms with Gasteiger partial charge in [-0.25, -0.2) is 4.79 Å². The van der Waals surface area contributed by atoms with Crippen molar-refractivity contribution in [3.8, 4) is 0 Å². The Morgan fingerprint density at radius 1 is 0.868 bits per heavy atom. The topological polar surface area (TPSA) is 113 Å². The van der Waals surface area contributed by atoms with Gasteiger partial charge in [0.25, 0.3) is 5.56 Å². The van der Waals surface area contributed by atoms with E-state index in [9.17, 15) is 19.2 Å². The van der Waals surface area contributed by atoms with Crippen molar-refractivity contribution in [2.45, 2.75) is 38.3 Å². The number of fused-ring (bicyclic) bond motifs is 4. The molecule has 2 aliphatic heterocycles. The van der Waals surface area contributed by atoms with Crippen LogP contribution in [0.1, 0.15) is 30.5 Å². The average molecular weight is 514 g/mol. The van der Waals surface area contributed by atoms with Crippen molar-refractivity contribution in [1.29, 1.82) is 0 Å². The third-order valence-corrected chi connectivity index (χ3v) is 7.14. The molecular weight excluding hydrogens is 482 g/mol. The number of anilines is 2. The number of carbonyl (C=O) groups is 3. The SMILES string of the molecule is CC(=O)Nc1ccc(NC(=O)[C@H](Cc2ccccc2)NC(=O)N2CC3CC(C2)c2cccc(=O)n2C3)cc1. The summed E-state index contributed by atoms with van der Waals surface area (Å²) in [6.07, 6.45) is 1.27. The standard InChI is InChI=1S/C29H31N5O4/c1-19(35)30-23-10-12-24(13-11-23)31-28(37)25(15-20-6-3-2-4-7-20)32-29(38)33-16-21-14-22(18-33)26-8-5-9-27(36)34(26)17-21/h2-13,21-22,25H,14-18H2,1H3,(H,30,35)(H,31,37)(H,32,38)/t21?,22?,25-/m0/s1. The average Bonchev–Trinajstić information content (AvgIpc) is 2.90. The summed E-state index contributed by atoms with van der Waals surface area (Å²) >= 11 is 0. The van der Waals surface area contributed by atoms with Crippen molar-refractivity contribution >= 4 is 29.2 Å². The minimum absolute atomic E-state index is 0.000180. The molecule has 3 atom stereocenters. The Bertz CT molecular complexity index is 1390. The van der Waals surface area contributed by atoms with Crippen LogP contribution in [-0.4, -0.2) is 46.4 Å². The summed E-state index contributed by atoms with van der Waals surface area (Å²) in [6.45, 7) is 3.06. The fourth-order valence-electron chi connectivity index (χ4n) is 5.43. The molecule has 9 heteroatoms. The van der Waals surface area contributed by atoms with E-state index in [2.05, 4.69) is 16.0 Å². The predicted molar refractivity (Wildman–Crippen MR) is 145 cm³/mol. The molecule has 3 N–H and O–H groups in total. The first kappa shape index (κ1) is 25.3. The number of nitrogens with zero attached hydrogens (tertiary/aromatic N) is 2. The Labute approximate surface area is 220 Å². The first-order valence-electron chi connectivity index (χ1n) is 12.8. The maximum Gasteiger partial charge on any atom is 0.318 e.